The van der Waals surface area contributed by atoms with E-state index in [1.54, 1.807) is 11.3 Å². The first kappa shape index (κ1) is 21.8. The van der Waals surface area contributed by atoms with Gasteiger partial charge in [-0.15, -0.1) is 11.3 Å². The van der Waals surface area contributed by atoms with E-state index in [2.05, 4.69) is 15.2 Å². The fraction of sp³-hybridized carbons (Fsp3) is 0.273. The molecule has 0 saturated carbocycles. The molecular formula is C22H23FN6O2S. The summed E-state index contributed by atoms with van der Waals surface area (Å²) in [6, 6.07) is 12.0. The van der Waals surface area contributed by atoms with Gasteiger partial charge in [0.25, 0.3) is 0 Å². The summed E-state index contributed by atoms with van der Waals surface area (Å²) in [5.74, 6) is 1.37. The van der Waals surface area contributed by atoms with E-state index in [1.165, 1.54) is 15.6 Å². The number of thiophene rings is 1. The van der Waals surface area contributed by atoms with Gasteiger partial charge in [-0.2, -0.15) is 10.1 Å². The van der Waals surface area contributed by atoms with Crippen molar-refractivity contribution in [2.45, 2.75) is 32.9 Å². The summed E-state index contributed by atoms with van der Waals surface area (Å²) in [5.41, 5.74) is 7.40. The number of hydrogen-bond acceptors (Lipinski definition) is 7. The summed E-state index contributed by atoms with van der Waals surface area (Å²) < 4.78 is 20.7. The van der Waals surface area contributed by atoms with Crippen molar-refractivity contribution in [3.8, 4) is 21.8 Å². The Balaban J connectivity index is 1.47. The van der Waals surface area contributed by atoms with Crippen molar-refractivity contribution < 1.29 is 8.91 Å². The highest BCUT2D eigenvalue weighted by atomic mass is 32.1. The minimum Gasteiger partial charge on any atom is -0.339 e. The predicted octanol–water partition coefficient (Wildman–Crippen LogP) is 3.81. The normalized spacial score (nSPS) is 12.1. The van der Waals surface area contributed by atoms with Crippen LogP contribution >= 0.6 is 11.3 Å². The second kappa shape index (κ2) is 9.41. The Kier molecular flexibility index (Phi) is 6.42. The molecule has 3 aromatic heterocycles. The molecule has 0 aliphatic rings. The van der Waals surface area contributed by atoms with E-state index < -0.39 is 0 Å². The molecule has 0 saturated heterocycles. The van der Waals surface area contributed by atoms with Gasteiger partial charge in [0.1, 0.15) is 6.33 Å². The van der Waals surface area contributed by atoms with Crippen molar-refractivity contribution in [2.75, 3.05) is 6.54 Å². The topological polar surface area (TPSA) is 105 Å². The second-order valence-electron chi connectivity index (χ2n) is 7.62. The minimum absolute atomic E-state index is 0.0362. The lowest BCUT2D eigenvalue weighted by Gasteiger charge is -2.01. The Hall–Kier alpha value is -3.37. The maximum atomic E-state index is 12.7. The zero-order chi connectivity index (χ0) is 22.7. The summed E-state index contributed by atoms with van der Waals surface area (Å²) >= 11 is 1.59. The molecule has 0 amide bonds. The van der Waals surface area contributed by atoms with Gasteiger partial charge in [-0.25, -0.2) is 13.9 Å². The molecule has 10 heteroatoms. The maximum Gasteiger partial charge on any atom is 0.346 e. The second-order valence-corrected chi connectivity index (χ2v) is 8.79. The summed E-state index contributed by atoms with van der Waals surface area (Å²) in [6.07, 6.45) is 1.88. The van der Waals surface area contributed by atoms with Crippen molar-refractivity contribution in [1.82, 2.24) is 24.5 Å². The van der Waals surface area contributed by atoms with Gasteiger partial charge in [0.15, 0.2) is 0 Å². The van der Waals surface area contributed by atoms with Gasteiger partial charge < -0.3 is 10.3 Å². The van der Waals surface area contributed by atoms with Crippen LogP contribution < -0.4 is 11.4 Å². The number of halogens is 1. The van der Waals surface area contributed by atoms with Crippen LogP contribution in [0.4, 0.5) is 4.39 Å². The largest absolute Gasteiger partial charge is 0.346 e. The first-order chi connectivity index (χ1) is 15.5. The Morgan fingerprint density at radius 1 is 1.22 bits per heavy atom. The molecule has 0 unspecified atom stereocenters. The Labute approximate surface area is 187 Å². The Bertz CT molecular complexity index is 1280. The first-order valence-corrected chi connectivity index (χ1v) is 10.9. The van der Waals surface area contributed by atoms with Crippen LogP contribution in [0.1, 0.15) is 30.5 Å². The van der Waals surface area contributed by atoms with Crippen LogP contribution in [0, 0.1) is 0 Å². The molecule has 2 N–H and O–H groups in total. The predicted molar refractivity (Wildman–Crippen MR) is 121 cm³/mol. The Morgan fingerprint density at radius 2 is 1.97 bits per heavy atom. The van der Waals surface area contributed by atoms with E-state index in [-0.39, 0.29) is 24.7 Å². The molecular weight excluding hydrogens is 431 g/mol. The van der Waals surface area contributed by atoms with Crippen LogP contribution in [0.5, 0.6) is 0 Å². The number of benzene rings is 1. The highest BCUT2D eigenvalue weighted by Gasteiger charge is 2.13. The summed E-state index contributed by atoms with van der Waals surface area (Å²) in [4.78, 5) is 19.0. The minimum atomic E-state index is -0.307. The first-order valence-electron chi connectivity index (χ1n) is 10.1. The molecule has 4 aromatic rings. The average molecular weight is 455 g/mol. The SMILES string of the molecule is CC(C)c1nc(-c2ccc(-c3ccc(Cn4cnn(C/C(=C/F)CN)c4=O)s3)cc2)no1. The molecule has 0 radical (unpaired) electrons. The van der Waals surface area contributed by atoms with E-state index in [4.69, 9.17) is 10.3 Å². The van der Waals surface area contributed by atoms with Crippen molar-refractivity contribution in [1.29, 1.82) is 0 Å². The van der Waals surface area contributed by atoms with Crippen molar-refractivity contribution >= 4 is 11.3 Å². The zero-order valence-electron chi connectivity index (χ0n) is 17.7. The number of nitrogens with two attached hydrogens (primary N) is 1. The van der Waals surface area contributed by atoms with E-state index in [9.17, 15) is 9.18 Å². The van der Waals surface area contributed by atoms with Crippen LogP contribution in [0.3, 0.4) is 0 Å². The molecule has 32 heavy (non-hydrogen) atoms. The van der Waals surface area contributed by atoms with Gasteiger partial charge >= 0.3 is 5.69 Å². The molecule has 4 rings (SSSR count). The van der Waals surface area contributed by atoms with Gasteiger partial charge in [0.05, 0.1) is 19.4 Å². The molecule has 0 aliphatic carbocycles. The van der Waals surface area contributed by atoms with Gasteiger partial charge in [-0.1, -0.05) is 43.3 Å². The lowest BCUT2D eigenvalue weighted by molar-refractivity contribution is 0.365. The molecule has 1 aromatic carbocycles. The zero-order valence-corrected chi connectivity index (χ0v) is 18.6. The fourth-order valence-corrected chi connectivity index (χ4v) is 4.09. The molecule has 0 spiro atoms. The average Bonchev–Trinajstić information content (AvgIpc) is 3.54. The molecule has 0 fully saturated rings. The summed E-state index contributed by atoms with van der Waals surface area (Å²) in [7, 11) is 0. The van der Waals surface area contributed by atoms with Crippen molar-refractivity contribution in [3.05, 3.63) is 75.9 Å². The van der Waals surface area contributed by atoms with Gasteiger partial charge in [0.2, 0.25) is 11.7 Å². The third kappa shape index (κ3) is 4.61. The summed E-state index contributed by atoms with van der Waals surface area (Å²) in [6.45, 7) is 4.48. The number of rotatable bonds is 8. The third-order valence-corrected chi connectivity index (χ3v) is 6.04. The van der Waals surface area contributed by atoms with E-state index in [0.717, 1.165) is 20.9 Å². The van der Waals surface area contributed by atoms with Crippen LogP contribution in [-0.4, -0.2) is 31.0 Å². The van der Waals surface area contributed by atoms with Crippen LogP contribution in [0.25, 0.3) is 21.8 Å². The molecule has 0 bridgehead atoms. The molecule has 166 valence electrons. The van der Waals surface area contributed by atoms with E-state index in [0.29, 0.717) is 30.2 Å². The highest BCUT2D eigenvalue weighted by Crippen LogP contribution is 2.30. The quantitative estimate of drug-likeness (QED) is 0.434. The van der Waals surface area contributed by atoms with Crippen LogP contribution in [0.15, 0.2) is 63.9 Å². The highest BCUT2D eigenvalue weighted by molar-refractivity contribution is 7.15. The van der Waals surface area contributed by atoms with Crippen molar-refractivity contribution in [2.24, 2.45) is 5.73 Å². The van der Waals surface area contributed by atoms with Crippen LogP contribution in [-0.2, 0) is 13.1 Å². The van der Waals surface area contributed by atoms with Gasteiger partial charge in [-0.3, -0.25) is 4.57 Å². The standard InChI is InChI=1S/C22H23FN6O2S/c1-14(2)21-26-20(27-31-21)17-5-3-16(4-6-17)19-8-7-18(32-19)12-28-13-25-29(22(28)30)11-15(9-23)10-24/h3-9,13-14H,10-12,24H2,1-2H3/b15-9+. The summed E-state index contributed by atoms with van der Waals surface area (Å²) in [5, 5.41) is 8.10. The number of hydrogen-bond donors (Lipinski definition) is 1. The van der Waals surface area contributed by atoms with Crippen molar-refractivity contribution in [3.63, 3.8) is 0 Å². The molecule has 0 aliphatic heterocycles. The monoisotopic (exact) mass is 454 g/mol. The van der Waals surface area contributed by atoms with Gasteiger partial charge in [-0.05, 0) is 23.3 Å². The Morgan fingerprint density at radius 3 is 2.62 bits per heavy atom. The maximum absolute atomic E-state index is 12.7. The molecule has 8 nitrogen and oxygen atoms in total. The number of nitrogens with zero attached hydrogens (tertiary/aromatic N) is 5. The lowest BCUT2D eigenvalue weighted by atomic mass is 10.1. The van der Waals surface area contributed by atoms with Gasteiger partial charge in [0, 0.05) is 27.8 Å². The third-order valence-electron chi connectivity index (χ3n) is 4.92. The fourth-order valence-electron chi connectivity index (χ4n) is 3.08. The smallest absolute Gasteiger partial charge is 0.339 e. The van der Waals surface area contributed by atoms with E-state index >= 15 is 0 Å². The lowest BCUT2D eigenvalue weighted by Crippen LogP contribution is -2.26. The van der Waals surface area contributed by atoms with E-state index in [1.807, 2.05) is 50.2 Å². The molecule has 3 heterocycles. The molecule has 0 atom stereocenters. The van der Waals surface area contributed by atoms with Crippen LogP contribution in [0.2, 0.25) is 0 Å². The number of aromatic nitrogens is 5.